The SMILES string of the molecule is COc1cncc(C(NC(=O)c2ccnnc2)C2CC(O)C2)c1. The Hall–Kier alpha value is -2.54. The van der Waals surface area contributed by atoms with Crippen LogP contribution in [0, 0.1) is 5.92 Å². The number of ether oxygens (including phenoxy) is 1. The van der Waals surface area contributed by atoms with Crippen LogP contribution >= 0.6 is 0 Å². The Labute approximate surface area is 133 Å². The molecule has 0 aliphatic heterocycles. The molecule has 3 rings (SSSR count). The second-order valence-electron chi connectivity index (χ2n) is 5.63. The fourth-order valence-corrected chi connectivity index (χ4v) is 2.74. The molecule has 2 heterocycles. The van der Waals surface area contributed by atoms with Gasteiger partial charge >= 0.3 is 0 Å². The van der Waals surface area contributed by atoms with Crippen molar-refractivity contribution in [2.75, 3.05) is 7.11 Å². The Balaban J connectivity index is 1.82. The summed E-state index contributed by atoms with van der Waals surface area (Å²) in [4.78, 5) is 16.6. The Kier molecular flexibility index (Phi) is 4.47. The highest BCUT2D eigenvalue weighted by Gasteiger charge is 2.36. The molecule has 2 aromatic rings. The third kappa shape index (κ3) is 3.45. The lowest BCUT2D eigenvalue weighted by Gasteiger charge is -2.38. The van der Waals surface area contributed by atoms with Crippen LogP contribution in [0.25, 0.3) is 0 Å². The highest BCUT2D eigenvalue weighted by atomic mass is 16.5. The predicted octanol–water partition coefficient (Wildman–Crippen LogP) is 1.12. The molecule has 1 aliphatic rings. The molecule has 1 unspecified atom stereocenters. The molecule has 1 aliphatic carbocycles. The van der Waals surface area contributed by atoms with Gasteiger partial charge in [-0.3, -0.25) is 9.78 Å². The first kappa shape index (κ1) is 15.4. The van der Waals surface area contributed by atoms with Crippen LogP contribution in [0.1, 0.15) is 34.8 Å². The number of carbonyl (C=O) groups excluding carboxylic acids is 1. The average Bonchev–Trinajstić information content (AvgIpc) is 2.58. The topological polar surface area (TPSA) is 97.2 Å². The van der Waals surface area contributed by atoms with E-state index < -0.39 is 0 Å². The average molecular weight is 314 g/mol. The van der Waals surface area contributed by atoms with E-state index in [1.165, 1.54) is 12.4 Å². The van der Waals surface area contributed by atoms with Gasteiger partial charge in [-0.2, -0.15) is 10.2 Å². The van der Waals surface area contributed by atoms with Gasteiger partial charge in [0, 0.05) is 6.20 Å². The van der Waals surface area contributed by atoms with E-state index in [0.29, 0.717) is 24.2 Å². The number of carbonyl (C=O) groups is 1. The second kappa shape index (κ2) is 6.70. The monoisotopic (exact) mass is 314 g/mol. The predicted molar refractivity (Wildman–Crippen MR) is 81.8 cm³/mol. The molecule has 7 heteroatoms. The molecule has 120 valence electrons. The third-order valence-corrected chi connectivity index (χ3v) is 4.08. The highest BCUT2D eigenvalue weighted by Crippen LogP contribution is 2.38. The van der Waals surface area contributed by atoms with Gasteiger partial charge < -0.3 is 15.2 Å². The molecule has 0 spiro atoms. The molecule has 2 aromatic heterocycles. The summed E-state index contributed by atoms with van der Waals surface area (Å²) in [5, 5.41) is 20.0. The molecule has 0 saturated heterocycles. The number of rotatable bonds is 5. The number of hydrogen-bond acceptors (Lipinski definition) is 6. The zero-order valence-corrected chi connectivity index (χ0v) is 12.7. The van der Waals surface area contributed by atoms with E-state index in [-0.39, 0.29) is 24.0 Å². The maximum atomic E-state index is 12.4. The highest BCUT2D eigenvalue weighted by molar-refractivity contribution is 5.94. The van der Waals surface area contributed by atoms with Crippen molar-refractivity contribution in [3.05, 3.63) is 48.0 Å². The number of aliphatic hydroxyl groups is 1. The van der Waals surface area contributed by atoms with Crippen molar-refractivity contribution in [3.63, 3.8) is 0 Å². The normalized spacial score (nSPS) is 21.1. The van der Waals surface area contributed by atoms with E-state index >= 15 is 0 Å². The number of pyridine rings is 1. The van der Waals surface area contributed by atoms with Crippen LogP contribution in [0.3, 0.4) is 0 Å². The minimum Gasteiger partial charge on any atom is -0.495 e. The Morgan fingerprint density at radius 1 is 1.35 bits per heavy atom. The minimum absolute atomic E-state index is 0.164. The Morgan fingerprint density at radius 2 is 2.17 bits per heavy atom. The smallest absolute Gasteiger partial charge is 0.253 e. The van der Waals surface area contributed by atoms with Gasteiger partial charge in [-0.1, -0.05) is 0 Å². The zero-order valence-electron chi connectivity index (χ0n) is 12.7. The van der Waals surface area contributed by atoms with Crippen LogP contribution in [0.4, 0.5) is 0 Å². The summed E-state index contributed by atoms with van der Waals surface area (Å²) in [5.74, 6) is 0.568. The molecular weight excluding hydrogens is 296 g/mol. The summed E-state index contributed by atoms with van der Waals surface area (Å²) < 4.78 is 5.20. The lowest BCUT2D eigenvalue weighted by Crippen LogP contribution is -2.41. The summed E-state index contributed by atoms with van der Waals surface area (Å²) >= 11 is 0. The number of aliphatic hydroxyl groups excluding tert-OH is 1. The number of aromatic nitrogens is 3. The number of nitrogens with one attached hydrogen (secondary N) is 1. The molecule has 1 fully saturated rings. The van der Waals surface area contributed by atoms with E-state index in [9.17, 15) is 9.90 Å². The van der Waals surface area contributed by atoms with Crippen LogP contribution in [-0.2, 0) is 0 Å². The molecule has 1 amide bonds. The van der Waals surface area contributed by atoms with Crippen LogP contribution < -0.4 is 10.1 Å². The summed E-state index contributed by atoms with van der Waals surface area (Å²) in [5.41, 5.74) is 1.30. The van der Waals surface area contributed by atoms with Gasteiger partial charge in [-0.05, 0) is 36.5 Å². The lowest BCUT2D eigenvalue weighted by atomic mass is 9.75. The van der Waals surface area contributed by atoms with Gasteiger partial charge in [0.2, 0.25) is 0 Å². The van der Waals surface area contributed by atoms with Gasteiger partial charge in [0.25, 0.3) is 5.91 Å². The Morgan fingerprint density at radius 3 is 2.83 bits per heavy atom. The quantitative estimate of drug-likeness (QED) is 0.858. The van der Waals surface area contributed by atoms with E-state index in [4.69, 9.17) is 4.74 Å². The third-order valence-electron chi connectivity index (χ3n) is 4.08. The van der Waals surface area contributed by atoms with Gasteiger partial charge in [0.05, 0.1) is 43.4 Å². The van der Waals surface area contributed by atoms with Crippen LogP contribution in [0.15, 0.2) is 36.9 Å². The van der Waals surface area contributed by atoms with Crippen molar-refractivity contribution in [2.45, 2.75) is 25.0 Å². The van der Waals surface area contributed by atoms with E-state index in [0.717, 1.165) is 5.56 Å². The zero-order chi connectivity index (χ0) is 16.2. The first-order chi connectivity index (χ1) is 11.2. The molecule has 0 aromatic carbocycles. The molecule has 0 radical (unpaired) electrons. The summed E-state index contributed by atoms with van der Waals surface area (Å²) in [6, 6.07) is 3.23. The molecule has 23 heavy (non-hydrogen) atoms. The van der Waals surface area contributed by atoms with Gasteiger partial charge in [-0.15, -0.1) is 0 Å². The Bertz CT molecular complexity index is 674. The molecule has 1 saturated carbocycles. The molecule has 2 N–H and O–H groups in total. The second-order valence-corrected chi connectivity index (χ2v) is 5.63. The summed E-state index contributed by atoms with van der Waals surface area (Å²) in [7, 11) is 1.57. The van der Waals surface area contributed by atoms with Crippen molar-refractivity contribution < 1.29 is 14.6 Å². The number of amides is 1. The van der Waals surface area contributed by atoms with Crippen molar-refractivity contribution in [1.29, 1.82) is 0 Å². The van der Waals surface area contributed by atoms with Crippen LogP contribution in [-0.4, -0.2) is 39.4 Å². The van der Waals surface area contributed by atoms with E-state index in [2.05, 4.69) is 20.5 Å². The summed E-state index contributed by atoms with van der Waals surface area (Å²) in [6.45, 7) is 0. The molecule has 7 nitrogen and oxygen atoms in total. The fourth-order valence-electron chi connectivity index (χ4n) is 2.74. The number of hydrogen-bond donors (Lipinski definition) is 2. The van der Waals surface area contributed by atoms with Crippen molar-refractivity contribution in [2.24, 2.45) is 5.92 Å². The maximum absolute atomic E-state index is 12.4. The molecule has 1 atom stereocenters. The summed E-state index contributed by atoms with van der Waals surface area (Å²) in [6.07, 6.45) is 7.22. The first-order valence-corrected chi connectivity index (χ1v) is 7.42. The van der Waals surface area contributed by atoms with Gasteiger partial charge in [0.1, 0.15) is 5.75 Å². The molecule has 0 bridgehead atoms. The van der Waals surface area contributed by atoms with Gasteiger partial charge in [-0.25, -0.2) is 0 Å². The standard InChI is InChI=1S/C16H18N4O3/c1-23-14-6-12(7-17-9-14)15(11-4-13(21)5-11)20-16(22)10-2-3-18-19-8-10/h2-3,6-9,11,13,15,21H,4-5H2,1H3,(H,20,22). The largest absolute Gasteiger partial charge is 0.495 e. The minimum atomic E-state index is -0.305. The number of nitrogens with zero attached hydrogens (tertiary/aromatic N) is 3. The van der Waals surface area contributed by atoms with Crippen molar-refractivity contribution in [1.82, 2.24) is 20.5 Å². The fraction of sp³-hybridized carbons (Fsp3) is 0.375. The van der Waals surface area contributed by atoms with Crippen LogP contribution in [0.2, 0.25) is 0 Å². The van der Waals surface area contributed by atoms with Crippen molar-refractivity contribution >= 4 is 5.91 Å². The lowest BCUT2D eigenvalue weighted by molar-refractivity contribution is 0.0234. The number of methoxy groups -OCH3 is 1. The van der Waals surface area contributed by atoms with Crippen molar-refractivity contribution in [3.8, 4) is 5.75 Å². The van der Waals surface area contributed by atoms with Gasteiger partial charge in [0.15, 0.2) is 0 Å². The molecular formula is C16H18N4O3. The van der Waals surface area contributed by atoms with Crippen LogP contribution in [0.5, 0.6) is 5.75 Å². The maximum Gasteiger partial charge on any atom is 0.253 e. The first-order valence-electron chi connectivity index (χ1n) is 7.42. The van der Waals surface area contributed by atoms with E-state index in [1.807, 2.05) is 6.07 Å². The van der Waals surface area contributed by atoms with E-state index in [1.54, 1.807) is 25.6 Å².